The largest absolute Gasteiger partial charge is 0.259 e. The molecule has 0 N–H and O–H groups in total. The van der Waals surface area contributed by atoms with Crippen LogP contribution in [-0.4, -0.2) is 18.1 Å². The Balaban J connectivity index is 2.01. The molecular weight excluding hydrogens is 188 g/mol. The van der Waals surface area contributed by atoms with Crippen molar-refractivity contribution in [3.05, 3.63) is 17.1 Å². The summed E-state index contributed by atoms with van der Waals surface area (Å²) in [6.45, 7) is 1.77. The van der Waals surface area contributed by atoms with E-state index in [4.69, 9.17) is 0 Å². The Labute approximate surface area is 90.5 Å². The van der Waals surface area contributed by atoms with Gasteiger partial charge in [-0.15, -0.1) is 4.91 Å². The predicted molar refractivity (Wildman–Crippen MR) is 59.1 cm³/mol. The maximum atomic E-state index is 10.7. The van der Waals surface area contributed by atoms with Gasteiger partial charge in [0.25, 0.3) is 0 Å². The third-order valence-corrected chi connectivity index (χ3v) is 4.88. The minimum atomic E-state index is 0.289. The molecule has 0 bridgehead atoms. The quantitative estimate of drug-likeness (QED) is 0.488. The summed E-state index contributed by atoms with van der Waals surface area (Å²) in [5.41, 5.74) is 0.672. The standard InChI is InChI=1S/C12H18N2O/c15-13-14-9-11-5-1-2-6-12(11,10-14)8-4-3-7-11/h1,5H,2-4,6-10H2. The third-order valence-electron chi connectivity index (χ3n) is 4.88. The SMILES string of the molecule is O=NN1CC23C=CCCC2(CCCC3)C1. The molecule has 1 saturated heterocycles. The lowest BCUT2D eigenvalue weighted by atomic mass is 9.54. The third kappa shape index (κ3) is 1.12. The van der Waals surface area contributed by atoms with Gasteiger partial charge in [0.1, 0.15) is 0 Å². The van der Waals surface area contributed by atoms with E-state index < -0.39 is 0 Å². The number of hydrogen-bond acceptors (Lipinski definition) is 2. The number of rotatable bonds is 1. The highest BCUT2D eigenvalue weighted by atomic mass is 16.3. The van der Waals surface area contributed by atoms with Crippen molar-refractivity contribution in [2.24, 2.45) is 16.1 Å². The maximum absolute atomic E-state index is 10.7. The number of hydrogen-bond donors (Lipinski definition) is 0. The van der Waals surface area contributed by atoms with Crippen LogP contribution in [0.1, 0.15) is 38.5 Å². The normalized spacial score (nSPS) is 43.6. The van der Waals surface area contributed by atoms with Gasteiger partial charge in [-0.05, 0) is 25.7 Å². The molecule has 1 heterocycles. The Hall–Kier alpha value is -0.860. The maximum Gasteiger partial charge on any atom is 0.0524 e. The van der Waals surface area contributed by atoms with E-state index in [0.717, 1.165) is 13.1 Å². The second-order valence-electron chi connectivity index (χ2n) is 5.49. The summed E-state index contributed by atoms with van der Waals surface area (Å²) >= 11 is 0. The predicted octanol–water partition coefficient (Wildman–Crippen LogP) is 2.88. The highest BCUT2D eigenvalue weighted by Gasteiger charge is 2.57. The molecule has 1 aliphatic heterocycles. The van der Waals surface area contributed by atoms with Crippen molar-refractivity contribution < 1.29 is 0 Å². The number of allylic oxidation sites excluding steroid dienone is 1. The molecule has 15 heavy (non-hydrogen) atoms. The van der Waals surface area contributed by atoms with Gasteiger partial charge < -0.3 is 0 Å². The summed E-state index contributed by atoms with van der Waals surface area (Å²) in [5, 5.41) is 4.94. The van der Waals surface area contributed by atoms with Gasteiger partial charge in [0.05, 0.1) is 5.29 Å². The molecule has 0 aromatic carbocycles. The number of nitrogens with zero attached hydrogens (tertiary/aromatic N) is 2. The zero-order chi connectivity index (χ0) is 10.4. The van der Waals surface area contributed by atoms with E-state index in [1.165, 1.54) is 38.5 Å². The molecule has 1 saturated carbocycles. The lowest BCUT2D eigenvalue weighted by Gasteiger charge is -2.48. The van der Waals surface area contributed by atoms with E-state index in [1.54, 1.807) is 5.01 Å². The van der Waals surface area contributed by atoms with Gasteiger partial charge in [0.15, 0.2) is 0 Å². The number of nitroso groups, excluding NO2 is 1. The van der Waals surface area contributed by atoms with E-state index in [9.17, 15) is 4.91 Å². The van der Waals surface area contributed by atoms with Crippen molar-refractivity contribution in [3.63, 3.8) is 0 Å². The van der Waals surface area contributed by atoms with E-state index in [-0.39, 0.29) is 5.41 Å². The van der Waals surface area contributed by atoms with Gasteiger partial charge in [-0.25, -0.2) is 0 Å². The van der Waals surface area contributed by atoms with E-state index >= 15 is 0 Å². The Morgan fingerprint density at radius 1 is 1.13 bits per heavy atom. The van der Waals surface area contributed by atoms with Crippen LogP contribution in [-0.2, 0) is 0 Å². The van der Waals surface area contributed by atoms with Gasteiger partial charge in [0, 0.05) is 23.9 Å². The zero-order valence-electron chi connectivity index (χ0n) is 9.11. The minimum absolute atomic E-state index is 0.289. The monoisotopic (exact) mass is 206 g/mol. The summed E-state index contributed by atoms with van der Waals surface area (Å²) in [7, 11) is 0. The molecule has 0 amide bonds. The Morgan fingerprint density at radius 2 is 2.00 bits per heavy atom. The summed E-state index contributed by atoms with van der Waals surface area (Å²) in [6, 6.07) is 0. The van der Waals surface area contributed by atoms with Gasteiger partial charge in [0.2, 0.25) is 0 Å². The van der Waals surface area contributed by atoms with Crippen LogP contribution in [0.3, 0.4) is 0 Å². The molecular formula is C12H18N2O. The molecule has 2 fully saturated rings. The molecule has 3 heteroatoms. The van der Waals surface area contributed by atoms with Crippen molar-refractivity contribution in [1.82, 2.24) is 5.01 Å². The molecule has 2 unspecified atom stereocenters. The molecule has 0 aromatic rings. The van der Waals surface area contributed by atoms with E-state index in [1.807, 2.05) is 0 Å². The second-order valence-corrected chi connectivity index (χ2v) is 5.49. The molecule has 3 nitrogen and oxygen atoms in total. The van der Waals surface area contributed by atoms with Crippen molar-refractivity contribution in [2.75, 3.05) is 13.1 Å². The van der Waals surface area contributed by atoms with Crippen LogP contribution in [0.4, 0.5) is 0 Å². The molecule has 2 atom stereocenters. The van der Waals surface area contributed by atoms with Crippen LogP contribution < -0.4 is 0 Å². The van der Waals surface area contributed by atoms with Crippen molar-refractivity contribution in [3.8, 4) is 0 Å². The average molecular weight is 206 g/mol. The summed E-state index contributed by atoms with van der Waals surface area (Å²) in [5.74, 6) is 0. The fraction of sp³-hybridized carbons (Fsp3) is 0.833. The first-order valence-corrected chi connectivity index (χ1v) is 6.06. The Bertz CT molecular complexity index is 315. The van der Waals surface area contributed by atoms with E-state index in [0.29, 0.717) is 5.41 Å². The highest BCUT2D eigenvalue weighted by molar-refractivity contribution is 5.20. The first-order chi connectivity index (χ1) is 7.30. The first-order valence-electron chi connectivity index (χ1n) is 6.06. The smallest absolute Gasteiger partial charge is 0.0524 e. The summed E-state index contributed by atoms with van der Waals surface area (Å²) < 4.78 is 0. The van der Waals surface area contributed by atoms with Gasteiger partial charge in [-0.1, -0.05) is 25.0 Å². The molecule has 0 radical (unpaired) electrons. The fourth-order valence-corrected chi connectivity index (χ4v) is 4.12. The van der Waals surface area contributed by atoms with Crippen LogP contribution in [0.25, 0.3) is 0 Å². The van der Waals surface area contributed by atoms with Crippen LogP contribution >= 0.6 is 0 Å². The van der Waals surface area contributed by atoms with Gasteiger partial charge in [-0.3, -0.25) is 5.01 Å². The van der Waals surface area contributed by atoms with E-state index in [2.05, 4.69) is 17.4 Å². The molecule has 3 aliphatic rings. The van der Waals surface area contributed by atoms with Crippen LogP contribution in [0.5, 0.6) is 0 Å². The topological polar surface area (TPSA) is 32.7 Å². The Kier molecular flexibility index (Phi) is 1.91. The van der Waals surface area contributed by atoms with Crippen molar-refractivity contribution >= 4 is 0 Å². The minimum Gasteiger partial charge on any atom is -0.259 e. The van der Waals surface area contributed by atoms with Gasteiger partial charge >= 0.3 is 0 Å². The van der Waals surface area contributed by atoms with Crippen LogP contribution in [0, 0.1) is 15.7 Å². The molecule has 0 spiro atoms. The lowest BCUT2D eigenvalue weighted by molar-refractivity contribution is 0.0637. The highest BCUT2D eigenvalue weighted by Crippen LogP contribution is 2.60. The molecule has 3 rings (SSSR count). The second kappa shape index (κ2) is 3.06. The molecule has 82 valence electrons. The van der Waals surface area contributed by atoms with Crippen molar-refractivity contribution in [2.45, 2.75) is 38.5 Å². The molecule has 0 aromatic heterocycles. The Morgan fingerprint density at radius 3 is 2.80 bits per heavy atom. The van der Waals surface area contributed by atoms with Crippen molar-refractivity contribution in [1.29, 1.82) is 0 Å². The molecule has 2 aliphatic carbocycles. The van der Waals surface area contributed by atoms with Gasteiger partial charge in [-0.2, -0.15) is 0 Å². The van der Waals surface area contributed by atoms with Crippen LogP contribution in [0.2, 0.25) is 0 Å². The lowest BCUT2D eigenvalue weighted by Crippen LogP contribution is -2.43. The van der Waals surface area contributed by atoms with Crippen LogP contribution in [0.15, 0.2) is 17.4 Å². The first kappa shape index (κ1) is 9.37. The summed E-state index contributed by atoms with van der Waals surface area (Å²) in [6.07, 6.45) is 12.4. The summed E-state index contributed by atoms with van der Waals surface area (Å²) in [4.78, 5) is 10.7. The zero-order valence-corrected chi connectivity index (χ0v) is 9.11. The fourth-order valence-electron chi connectivity index (χ4n) is 4.12. The average Bonchev–Trinajstić information content (AvgIpc) is 2.63.